The Bertz CT molecular complexity index is 1150. The number of anilines is 1. The molecule has 0 saturated heterocycles. The predicted octanol–water partition coefficient (Wildman–Crippen LogP) is 4.44. The molecule has 1 aliphatic heterocycles. The zero-order chi connectivity index (χ0) is 21.8. The molecule has 3 aromatic carbocycles. The van der Waals surface area contributed by atoms with Gasteiger partial charge in [0.15, 0.2) is 11.5 Å². The van der Waals surface area contributed by atoms with Gasteiger partial charge in [-0.05, 0) is 61.9 Å². The van der Waals surface area contributed by atoms with Crippen LogP contribution in [0.15, 0.2) is 72.4 Å². The lowest BCUT2D eigenvalue weighted by Crippen LogP contribution is -2.30. The van der Waals surface area contributed by atoms with Crippen LogP contribution in [0, 0.1) is 13.8 Å². The fourth-order valence-corrected chi connectivity index (χ4v) is 3.06. The average molecular weight is 414 g/mol. The van der Waals surface area contributed by atoms with Gasteiger partial charge < -0.3 is 20.1 Å². The second-order valence-electron chi connectivity index (χ2n) is 7.31. The minimum atomic E-state index is -0.429. The number of ether oxygens (including phenoxy) is 2. The molecule has 0 unspecified atom stereocenters. The van der Waals surface area contributed by atoms with Crippen molar-refractivity contribution in [1.29, 1.82) is 0 Å². The third-order valence-corrected chi connectivity index (χ3v) is 4.82. The van der Waals surface area contributed by atoms with Crippen molar-refractivity contribution in [1.82, 2.24) is 5.32 Å². The Morgan fingerprint density at radius 2 is 1.48 bits per heavy atom. The van der Waals surface area contributed by atoms with E-state index in [0.29, 0.717) is 28.3 Å². The first-order valence-corrected chi connectivity index (χ1v) is 9.85. The molecule has 0 spiro atoms. The molecule has 0 saturated carbocycles. The van der Waals surface area contributed by atoms with Gasteiger partial charge in [-0.1, -0.05) is 41.5 Å². The van der Waals surface area contributed by atoms with E-state index >= 15 is 0 Å². The highest BCUT2D eigenvalue weighted by Gasteiger charge is 2.17. The van der Waals surface area contributed by atoms with Crippen LogP contribution in [-0.2, 0) is 4.79 Å². The second-order valence-corrected chi connectivity index (χ2v) is 7.31. The molecule has 1 aliphatic rings. The van der Waals surface area contributed by atoms with Crippen molar-refractivity contribution in [2.24, 2.45) is 0 Å². The SMILES string of the molecule is Cc1ccc(NC(=O)/C(=C\c2ccc3c(c2)OCO3)NC(=O)c2ccc(C)cc2)cc1. The molecule has 156 valence electrons. The largest absolute Gasteiger partial charge is 0.454 e. The minimum absolute atomic E-state index is 0.116. The first-order chi connectivity index (χ1) is 15.0. The zero-order valence-electron chi connectivity index (χ0n) is 17.3. The van der Waals surface area contributed by atoms with E-state index in [9.17, 15) is 9.59 Å². The van der Waals surface area contributed by atoms with Crippen LogP contribution in [0.4, 0.5) is 5.69 Å². The summed E-state index contributed by atoms with van der Waals surface area (Å²) >= 11 is 0. The lowest BCUT2D eigenvalue weighted by atomic mass is 10.1. The van der Waals surface area contributed by atoms with E-state index in [-0.39, 0.29) is 18.4 Å². The van der Waals surface area contributed by atoms with Crippen LogP contribution in [0.5, 0.6) is 11.5 Å². The van der Waals surface area contributed by atoms with Crippen molar-refractivity contribution in [3.05, 3.63) is 94.7 Å². The second kappa shape index (κ2) is 8.75. The molecule has 6 nitrogen and oxygen atoms in total. The van der Waals surface area contributed by atoms with Gasteiger partial charge in [-0.3, -0.25) is 9.59 Å². The monoisotopic (exact) mass is 414 g/mol. The maximum absolute atomic E-state index is 13.0. The number of benzene rings is 3. The lowest BCUT2D eigenvalue weighted by molar-refractivity contribution is -0.113. The van der Waals surface area contributed by atoms with Gasteiger partial charge in [0.25, 0.3) is 11.8 Å². The van der Waals surface area contributed by atoms with Crippen molar-refractivity contribution in [2.75, 3.05) is 12.1 Å². The van der Waals surface area contributed by atoms with Gasteiger partial charge in [-0.15, -0.1) is 0 Å². The third kappa shape index (κ3) is 4.93. The Morgan fingerprint density at radius 1 is 0.839 bits per heavy atom. The van der Waals surface area contributed by atoms with Gasteiger partial charge >= 0.3 is 0 Å². The number of hydrogen-bond acceptors (Lipinski definition) is 4. The van der Waals surface area contributed by atoms with Gasteiger partial charge in [-0.2, -0.15) is 0 Å². The fraction of sp³-hybridized carbons (Fsp3) is 0.120. The molecule has 1 heterocycles. The Labute approximate surface area is 180 Å². The van der Waals surface area contributed by atoms with Crippen molar-refractivity contribution >= 4 is 23.6 Å². The number of fused-ring (bicyclic) bond motifs is 1. The fourth-order valence-electron chi connectivity index (χ4n) is 3.06. The summed E-state index contributed by atoms with van der Waals surface area (Å²) in [5.41, 5.74) is 4.04. The quantitative estimate of drug-likeness (QED) is 0.605. The molecule has 0 radical (unpaired) electrons. The standard InChI is InChI=1S/C25H22N2O4/c1-16-3-8-19(9-4-16)24(28)27-21(25(29)26-20-10-5-17(2)6-11-20)13-18-7-12-22-23(14-18)31-15-30-22/h3-14H,15H2,1-2H3,(H,26,29)(H,27,28)/b21-13+. The van der Waals surface area contributed by atoms with Crippen LogP contribution >= 0.6 is 0 Å². The summed E-state index contributed by atoms with van der Waals surface area (Å²) in [6.45, 7) is 4.08. The Balaban J connectivity index is 1.62. The normalized spacial score (nSPS) is 12.4. The topological polar surface area (TPSA) is 76.7 Å². The number of rotatable bonds is 5. The summed E-state index contributed by atoms with van der Waals surface area (Å²) in [6, 6.07) is 19.9. The summed E-state index contributed by atoms with van der Waals surface area (Å²) < 4.78 is 10.7. The molecule has 4 rings (SSSR count). The smallest absolute Gasteiger partial charge is 0.272 e. The first kappa shape index (κ1) is 20.2. The molecule has 3 aromatic rings. The van der Waals surface area contributed by atoms with E-state index in [0.717, 1.165) is 11.1 Å². The Kier molecular flexibility index (Phi) is 5.71. The summed E-state index contributed by atoms with van der Waals surface area (Å²) in [7, 11) is 0. The van der Waals surface area contributed by atoms with Crippen LogP contribution in [-0.4, -0.2) is 18.6 Å². The highest BCUT2D eigenvalue weighted by atomic mass is 16.7. The molecule has 2 amide bonds. The molecule has 0 bridgehead atoms. The molecular formula is C25H22N2O4. The molecule has 6 heteroatoms. The molecular weight excluding hydrogens is 392 g/mol. The number of carbonyl (C=O) groups excluding carboxylic acids is 2. The molecule has 0 aliphatic carbocycles. The van der Waals surface area contributed by atoms with Gasteiger partial charge in [0.1, 0.15) is 5.70 Å². The number of amides is 2. The van der Waals surface area contributed by atoms with E-state index in [1.165, 1.54) is 0 Å². The predicted molar refractivity (Wildman–Crippen MR) is 119 cm³/mol. The van der Waals surface area contributed by atoms with E-state index < -0.39 is 5.91 Å². The molecule has 0 aromatic heterocycles. The number of aryl methyl sites for hydroxylation is 2. The van der Waals surface area contributed by atoms with Crippen LogP contribution in [0.1, 0.15) is 27.0 Å². The zero-order valence-corrected chi connectivity index (χ0v) is 17.3. The van der Waals surface area contributed by atoms with Crippen LogP contribution in [0.3, 0.4) is 0 Å². The average Bonchev–Trinajstić information content (AvgIpc) is 3.23. The van der Waals surface area contributed by atoms with E-state index in [2.05, 4.69) is 10.6 Å². The van der Waals surface area contributed by atoms with Gasteiger partial charge in [-0.25, -0.2) is 0 Å². The van der Waals surface area contributed by atoms with Crippen molar-refractivity contribution in [3.8, 4) is 11.5 Å². The maximum atomic E-state index is 13.0. The minimum Gasteiger partial charge on any atom is -0.454 e. The number of hydrogen-bond donors (Lipinski definition) is 2. The van der Waals surface area contributed by atoms with Crippen LogP contribution in [0.25, 0.3) is 6.08 Å². The van der Waals surface area contributed by atoms with Crippen molar-refractivity contribution in [2.45, 2.75) is 13.8 Å². The lowest BCUT2D eigenvalue weighted by Gasteiger charge is -2.12. The van der Waals surface area contributed by atoms with Gasteiger partial charge in [0.05, 0.1) is 0 Å². The first-order valence-electron chi connectivity index (χ1n) is 9.85. The highest BCUT2D eigenvalue weighted by molar-refractivity contribution is 6.10. The van der Waals surface area contributed by atoms with Gasteiger partial charge in [0, 0.05) is 11.3 Å². The summed E-state index contributed by atoms with van der Waals surface area (Å²) in [5, 5.41) is 5.57. The third-order valence-electron chi connectivity index (χ3n) is 4.82. The Hall–Kier alpha value is -4.06. The van der Waals surface area contributed by atoms with Gasteiger partial charge in [0.2, 0.25) is 6.79 Å². The molecule has 0 fully saturated rings. The van der Waals surface area contributed by atoms with E-state index in [1.807, 2.05) is 50.2 Å². The van der Waals surface area contributed by atoms with Crippen LogP contribution in [0.2, 0.25) is 0 Å². The van der Waals surface area contributed by atoms with Crippen molar-refractivity contribution < 1.29 is 19.1 Å². The highest BCUT2D eigenvalue weighted by Crippen LogP contribution is 2.33. The summed E-state index contributed by atoms with van der Waals surface area (Å²) in [5.74, 6) is 0.441. The number of nitrogens with one attached hydrogen (secondary N) is 2. The molecule has 0 atom stereocenters. The number of carbonyl (C=O) groups is 2. The summed E-state index contributed by atoms with van der Waals surface area (Å²) in [6.07, 6.45) is 1.61. The molecule has 2 N–H and O–H groups in total. The van der Waals surface area contributed by atoms with E-state index in [1.54, 1.807) is 36.4 Å². The molecule has 31 heavy (non-hydrogen) atoms. The Morgan fingerprint density at radius 3 is 2.19 bits per heavy atom. The van der Waals surface area contributed by atoms with Crippen LogP contribution < -0.4 is 20.1 Å². The summed E-state index contributed by atoms with van der Waals surface area (Å²) in [4.78, 5) is 25.8. The maximum Gasteiger partial charge on any atom is 0.272 e. The van der Waals surface area contributed by atoms with E-state index in [4.69, 9.17) is 9.47 Å². The van der Waals surface area contributed by atoms with Crippen molar-refractivity contribution in [3.63, 3.8) is 0 Å².